The van der Waals surface area contributed by atoms with E-state index >= 15 is 0 Å². The van der Waals surface area contributed by atoms with Gasteiger partial charge in [0.15, 0.2) is 0 Å². The van der Waals surface area contributed by atoms with Gasteiger partial charge in [-0.2, -0.15) is 0 Å². The molecule has 0 unspecified atom stereocenters. The van der Waals surface area contributed by atoms with Gasteiger partial charge in [-0.25, -0.2) is 9.78 Å². The van der Waals surface area contributed by atoms with Crippen molar-refractivity contribution < 1.29 is 19.0 Å². The molecular formula is C26H28N2O4S. The number of aromatic nitrogens is 1. The molecule has 0 radical (unpaired) electrons. The molecule has 0 aliphatic carbocycles. The maximum atomic E-state index is 12.2. The standard InChI is InChI=1S/C25H24N2O4S.CH4/c1-3-29-25(28)21-12-27-24(26)22-18(15-32-23(21)22)14-31-20-6-4-5-19(11-20)30-13-17-9-7-16(2)8-10-17;/h4-12,15H,3,13-14H2,1-2H3,(H2,26,27);1H4. The molecule has 0 amide bonds. The first-order valence-electron chi connectivity index (χ1n) is 10.3. The Labute approximate surface area is 197 Å². The maximum Gasteiger partial charge on any atom is 0.341 e. The molecule has 172 valence electrons. The Bertz CT molecular complexity index is 1240. The summed E-state index contributed by atoms with van der Waals surface area (Å²) in [5.41, 5.74) is 9.71. The lowest BCUT2D eigenvalue weighted by molar-refractivity contribution is 0.0528. The van der Waals surface area contributed by atoms with Gasteiger partial charge in [-0.15, -0.1) is 11.3 Å². The number of hydrogen-bond donors (Lipinski definition) is 1. The number of carbonyl (C=O) groups is 1. The molecule has 2 aromatic heterocycles. The lowest BCUT2D eigenvalue weighted by Gasteiger charge is -2.10. The zero-order chi connectivity index (χ0) is 22.5. The lowest BCUT2D eigenvalue weighted by Crippen LogP contribution is -2.06. The normalized spacial score (nSPS) is 10.5. The fourth-order valence-corrected chi connectivity index (χ4v) is 4.32. The number of carbonyl (C=O) groups excluding carboxylic acids is 1. The van der Waals surface area contributed by atoms with Crippen LogP contribution in [0.3, 0.4) is 0 Å². The number of rotatable bonds is 8. The molecule has 2 aromatic carbocycles. The summed E-state index contributed by atoms with van der Waals surface area (Å²) >= 11 is 1.43. The number of nitrogens with two attached hydrogens (primary N) is 1. The van der Waals surface area contributed by atoms with E-state index in [1.165, 1.54) is 23.1 Å². The molecule has 0 aliphatic heterocycles. The first-order chi connectivity index (χ1) is 15.5. The third-order valence-corrected chi connectivity index (χ3v) is 5.98. The van der Waals surface area contributed by atoms with E-state index in [9.17, 15) is 4.79 Å². The van der Waals surface area contributed by atoms with Crippen LogP contribution in [-0.4, -0.2) is 17.6 Å². The predicted molar refractivity (Wildman–Crippen MR) is 133 cm³/mol. The first-order valence-corrected chi connectivity index (χ1v) is 11.2. The van der Waals surface area contributed by atoms with Crippen LogP contribution in [0.2, 0.25) is 0 Å². The molecule has 7 heteroatoms. The summed E-state index contributed by atoms with van der Waals surface area (Å²) in [5.74, 6) is 1.36. The zero-order valence-corrected chi connectivity index (χ0v) is 18.8. The van der Waals surface area contributed by atoms with Gasteiger partial charge in [0.25, 0.3) is 0 Å². The third-order valence-electron chi connectivity index (χ3n) is 4.92. The molecule has 33 heavy (non-hydrogen) atoms. The van der Waals surface area contributed by atoms with Gasteiger partial charge in [0.1, 0.15) is 30.5 Å². The fourth-order valence-electron chi connectivity index (χ4n) is 3.26. The average Bonchev–Trinajstić information content (AvgIpc) is 3.23. The smallest absolute Gasteiger partial charge is 0.341 e. The van der Waals surface area contributed by atoms with Crippen molar-refractivity contribution in [2.75, 3.05) is 12.3 Å². The molecule has 0 aliphatic rings. The highest BCUT2D eigenvalue weighted by Gasteiger charge is 2.18. The Morgan fingerprint density at radius 3 is 2.45 bits per heavy atom. The third kappa shape index (κ3) is 5.62. The highest BCUT2D eigenvalue weighted by atomic mass is 32.1. The van der Waals surface area contributed by atoms with Crippen molar-refractivity contribution in [3.8, 4) is 11.5 Å². The van der Waals surface area contributed by atoms with Gasteiger partial charge in [0, 0.05) is 23.2 Å². The number of thiophene rings is 1. The second kappa shape index (κ2) is 10.8. The average molecular weight is 465 g/mol. The Morgan fingerprint density at radius 1 is 1.06 bits per heavy atom. The highest BCUT2D eigenvalue weighted by molar-refractivity contribution is 7.17. The zero-order valence-electron chi connectivity index (χ0n) is 18.0. The van der Waals surface area contributed by atoms with E-state index in [0.29, 0.717) is 37.0 Å². The van der Waals surface area contributed by atoms with Gasteiger partial charge in [-0.3, -0.25) is 0 Å². The SMILES string of the molecule is C.CCOC(=O)c1cnc(N)c2c(COc3cccc(OCc4ccc(C)cc4)c3)csc12. The number of hydrogen-bond acceptors (Lipinski definition) is 7. The monoisotopic (exact) mass is 464 g/mol. The van der Waals surface area contributed by atoms with Gasteiger partial charge in [0.2, 0.25) is 0 Å². The van der Waals surface area contributed by atoms with Crippen molar-refractivity contribution >= 4 is 33.2 Å². The molecule has 0 saturated heterocycles. The Kier molecular flexibility index (Phi) is 7.90. The molecule has 2 heterocycles. The maximum absolute atomic E-state index is 12.2. The molecule has 4 aromatic rings. The molecule has 2 N–H and O–H groups in total. The molecule has 0 atom stereocenters. The van der Waals surface area contributed by atoms with E-state index in [2.05, 4.69) is 36.2 Å². The topological polar surface area (TPSA) is 83.7 Å². The van der Waals surface area contributed by atoms with Gasteiger partial charge in [-0.05, 0) is 36.9 Å². The predicted octanol–water partition coefficient (Wildman–Crippen LogP) is 6.16. The van der Waals surface area contributed by atoms with Crippen molar-refractivity contribution in [1.82, 2.24) is 4.98 Å². The number of benzene rings is 2. The number of esters is 1. The largest absolute Gasteiger partial charge is 0.489 e. The van der Waals surface area contributed by atoms with Crippen LogP contribution in [0, 0.1) is 6.92 Å². The number of ether oxygens (including phenoxy) is 3. The van der Waals surface area contributed by atoms with Crippen LogP contribution in [0.15, 0.2) is 60.1 Å². The van der Waals surface area contributed by atoms with Crippen LogP contribution in [-0.2, 0) is 18.0 Å². The van der Waals surface area contributed by atoms with Gasteiger partial charge in [0.05, 0.1) is 16.9 Å². The minimum absolute atomic E-state index is 0. The van der Waals surface area contributed by atoms with Crippen LogP contribution >= 0.6 is 11.3 Å². The summed E-state index contributed by atoms with van der Waals surface area (Å²) in [5, 5.41) is 2.66. The summed E-state index contributed by atoms with van der Waals surface area (Å²) in [6.45, 7) is 4.90. The summed E-state index contributed by atoms with van der Waals surface area (Å²) in [4.78, 5) is 16.4. The van der Waals surface area contributed by atoms with Gasteiger partial charge in [-0.1, -0.05) is 43.3 Å². The molecule has 0 fully saturated rings. The Morgan fingerprint density at radius 2 is 1.76 bits per heavy atom. The van der Waals surface area contributed by atoms with Crippen molar-refractivity contribution in [2.45, 2.75) is 34.5 Å². The lowest BCUT2D eigenvalue weighted by atomic mass is 10.1. The second-order valence-electron chi connectivity index (χ2n) is 7.28. The minimum Gasteiger partial charge on any atom is -0.489 e. The Hall–Kier alpha value is -3.58. The first kappa shape index (κ1) is 24.1. The van der Waals surface area contributed by atoms with E-state index in [0.717, 1.165) is 27.0 Å². The number of anilines is 1. The summed E-state index contributed by atoms with van der Waals surface area (Å²) in [6, 6.07) is 15.8. The summed E-state index contributed by atoms with van der Waals surface area (Å²) in [7, 11) is 0. The van der Waals surface area contributed by atoms with E-state index in [4.69, 9.17) is 19.9 Å². The van der Waals surface area contributed by atoms with Crippen LogP contribution < -0.4 is 15.2 Å². The van der Waals surface area contributed by atoms with E-state index in [-0.39, 0.29) is 7.43 Å². The van der Waals surface area contributed by atoms with E-state index in [1.807, 2.05) is 29.6 Å². The van der Waals surface area contributed by atoms with Crippen LogP contribution in [0.1, 0.15) is 41.4 Å². The number of pyridine rings is 1. The number of nitrogens with zero attached hydrogens (tertiary/aromatic N) is 1. The number of aryl methyl sites for hydroxylation is 1. The molecule has 0 saturated carbocycles. The summed E-state index contributed by atoms with van der Waals surface area (Å²) < 4.78 is 17.8. The fraction of sp³-hybridized carbons (Fsp3) is 0.231. The van der Waals surface area contributed by atoms with Crippen LogP contribution in [0.5, 0.6) is 11.5 Å². The van der Waals surface area contributed by atoms with Crippen molar-refractivity contribution in [1.29, 1.82) is 0 Å². The molecule has 4 rings (SSSR count). The van der Waals surface area contributed by atoms with Gasteiger partial charge < -0.3 is 19.9 Å². The molecule has 0 bridgehead atoms. The van der Waals surface area contributed by atoms with E-state index < -0.39 is 5.97 Å². The summed E-state index contributed by atoms with van der Waals surface area (Å²) in [6.07, 6.45) is 1.46. The van der Waals surface area contributed by atoms with Crippen LogP contribution in [0.25, 0.3) is 10.1 Å². The van der Waals surface area contributed by atoms with Crippen molar-refractivity contribution in [3.63, 3.8) is 0 Å². The molecule has 0 spiro atoms. The molecular weight excluding hydrogens is 436 g/mol. The number of fused-ring (bicyclic) bond motifs is 1. The minimum atomic E-state index is -0.405. The van der Waals surface area contributed by atoms with Crippen molar-refractivity contribution in [3.05, 3.63) is 82.4 Å². The van der Waals surface area contributed by atoms with E-state index in [1.54, 1.807) is 6.92 Å². The highest BCUT2D eigenvalue weighted by Crippen LogP contribution is 2.33. The van der Waals surface area contributed by atoms with Gasteiger partial charge >= 0.3 is 5.97 Å². The second-order valence-corrected chi connectivity index (χ2v) is 8.16. The van der Waals surface area contributed by atoms with Crippen molar-refractivity contribution in [2.24, 2.45) is 0 Å². The molecule has 6 nitrogen and oxygen atoms in total. The Balaban J connectivity index is 0.00000306. The van der Waals surface area contributed by atoms with Crippen LogP contribution in [0.4, 0.5) is 5.82 Å². The quantitative estimate of drug-likeness (QED) is 0.315. The number of nitrogen functional groups attached to an aromatic ring is 1.